The molecule has 0 amide bonds. The summed E-state index contributed by atoms with van der Waals surface area (Å²) in [4.78, 5) is 0. The van der Waals surface area contributed by atoms with Gasteiger partial charge in [0.2, 0.25) is 0 Å². The summed E-state index contributed by atoms with van der Waals surface area (Å²) in [6, 6.07) is 0. The van der Waals surface area contributed by atoms with Crippen molar-refractivity contribution in [3.05, 3.63) is 0 Å². The van der Waals surface area contributed by atoms with Crippen molar-refractivity contribution in [3.8, 4) is 0 Å². The predicted octanol–water partition coefficient (Wildman–Crippen LogP) is 37.3. The number of rotatable bonds is 5. The lowest BCUT2D eigenvalue weighted by Crippen LogP contribution is -2.25. The normalized spacial score (nSPS) is 34.7. The molecule has 14 unspecified atom stereocenters. The van der Waals surface area contributed by atoms with Gasteiger partial charge >= 0.3 is 0 Å². The summed E-state index contributed by atoms with van der Waals surface area (Å²) < 4.78 is 0. The number of hydrogen-bond acceptors (Lipinski definition) is 0. The van der Waals surface area contributed by atoms with Gasteiger partial charge in [-0.15, -0.1) is 0 Å². The van der Waals surface area contributed by atoms with Crippen molar-refractivity contribution >= 4 is 0 Å². The Hall–Kier alpha value is 0. The summed E-state index contributed by atoms with van der Waals surface area (Å²) in [5.74, 6) is 14.6. The molecule has 0 aromatic heterocycles. The molecule has 14 atom stereocenters. The smallest absolute Gasteiger partial charge is 0.0386 e. The van der Waals surface area contributed by atoms with E-state index >= 15 is 0 Å². The molecule has 0 spiro atoms. The molecule has 0 aromatic rings. The van der Waals surface area contributed by atoms with Crippen LogP contribution in [0.5, 0.6) is 0 Å². The molecule has 0 aromatic carbocycles. The molecule has 7 rings (SSSR count). The minimum Gasteiger partial charge on any atom is -0.0651 e. The standard InChI is InChI=1S/C105H198/c1-4-93-62-40-28-25-26-30-42-66-95-67-47-37-46-65-94-64-41-29-20-13-11-12-16-23-34-49-74-99(78-54-71-94)103-82-56-80-100(98-73-48-33-24-18-17-19-27-38-58-91(2)60-52-76-98)81-57-83-104(87-89-105(88-86-103)102(85-84-95)75-51-50-63-93)101-77-53-61-92(3)59-39-35-36-45-70-97(72-55-79-101)90-96-68-43-31-21-14-9-7-5-6-8-10-15-22-32-44-69-96/h91-105H,4-90H2,1-3H3. The molecule has 0 nitrogen and oxygen atoms in total. The zero-order valence-electron chi connectivity index (χ0n) is 73.2. The fraction of sp³-hybridized carbons (Fsp3) is 1.00. The van der Waals surface area contributed by atoms with E-state index in [2.05, 4.69) is 20.8 Å². The van der Waals surface area contributed by atoms with Gasteiger partial charge in [-0.25, -0.2) is 0 Å². The van der Waals surface area contributed by atoms with Gasteiger partial charge in [0, 0.05) is 0 Å². The SMILES string of the molecule is CCC1CCCCCCCCC2CCCCCC3CCCCCCCCCCCCC(CCC3)C3CCCC(C4CCCCCCCCCCC(C)CCC4)CCCC(C4CCCC(C)CCCCCCC(CC5CCCCCCCCCCCCCCCC5)CCC4)CCC(CC3)C(CCCC1)CC2. The Morgan fingerprint density at radius 3 is 0.610 bits per heavy atom. The zero-order valence-corrected chi connectivity index (χ0v) is 73.2. The topological polar surface area (TPSA) is 0 Å². The second-order valence-corrected chi connectivity index (χ2v) is 41.2. The highest BCUT2D eigenvalue weighted by Gasteiger charge is 2.33. The van der Waals surface area contributed by atoms with Crippen LogP contribution in [0.2, 0.25) is 0 Å². The van der Waals surface area contributed by atoms with Crippen LogP contribution in [0.25, 0.3) is 0 Å². The van der Waals surface area contributed by atoms with E-state index in [4.69, 9.17) is 0 Å². The van der Waals surface area contributed by atoms with Crippen molar-refractivity contribution in [2.45, 2.75) is 579 Å². The molecule has 105 heavy (non-hydrogen) atoms. The number of fused-ring (bicyclic) bond motifs is 12. The molecule has 0 radical (unpaired) electrons. The second kappa shape index (κ2) is 63.3. The van der Waals surface area contributed by atoms with Crippen LogP contribution >= 0.6 is 0 Å². The Kier molecular flexibility index (Phi) is 55.6. The van der Waals surface area contributed by atoms with Crippen LogP contribution in [0.1, 0.15) is 579 Å². The molecule has 0 N–H and O–H groups in total. The third kappa shape index (κ3) is 45.0. The van der Waals surface area contributed by atoms with Crippen LogP contribution in [0.4, 0.5) is 0 Å². The zero-order chi connectivity index (χ0) is 73.2. The highest BCUT2D eigenvalue weighted by molar-refractivity contribution is 4.85. The average Bonchev–Trinajstić information content (AvgIpc) is 0.992. The van der Waals surface area contributed by atoms with Crippen molar-refractivity contribution < 1.29 is 0 Å². The Morgan fingerprint density at radius 1 is 0.133 bits per heavy atom. The van der Waals surface area contributed by atoms with E-state index < -0.39 is 0 Å². The molecule has 7 saturated carbocycles. The maximum absolute atomic E-state index is 2.70. The highest BCUT2D eigenvalue weighted by Crippen LogP contribution is 2.46. The van der Waals surface area contributed by atoms with Gasteiger partial charge in [0.1, 0.15) is 0 Å². The van der Waals surface area contributed by atoms with Crippen molar-refractivity contribution in [1.29, 1.82) is 0 Å². The van der Waals surface area contributed by atoms with Gasteiger partial charge in [-0.2, -0.15) is 0 Å². The van der Waals surface area contributed by atoms with Gasteiger partial charge < -0.3 is 0 Å². The lowest BCUT2D eigenvalue weighted by atomic mass is 9.69. The van der Waals surface area contributed by atoms with E-state index in [1.807, 2.05) is 0 Å². The van der Waals surface area contributed by atoms with Gasteiger partial charge in [-0.3, -0.25) is 0 Å². The first-order chi connectivity index (χ1) is 52.0. The van der Waals surface area contributed by atoms with Crippen LogP contribution in [-0.2, 0) is 0 Å². The van der Waals surface area contributed by atoms with Crippen molar-refractivity contribution in [2.75, 3.05) is 0 Å². The Bertz CT molecular complexity index is 1840. The summed E-state index contributed by atoms with van der Waals surface area (Å²) in [5.41, 5.74) is 0. The van der Waals surface area contributed by atoms with E-state index in [-0.39, 0.29) is 0 Å². The molecule has 0 aliphatic heterocycles. The molecule has 7 fully saturated rings. The average molecular weight is 1460 g/mol. The van der Waals surface area contributed by atoms with Gasteiger partial charge in [0.05, 0.1) is 0 Å². The third-order valence-corrected chi connectivity index (χ3v) is 32.5. The Labute approximate surface area is 664 Å². The summed E-state index contributed by atoms with van der Waals surface area (Å²) in [5, 5.41) is 0. The molecule has 6 bridgehead atoms. The first kappa shape index (κ1) is 92.2. The van der Waals surface area contributed by atoms with Crippen LogP contribution in [0.3, 0.4) is 0 Å². The molecular weight excluding hydrogens is 1260 g/mol. The fourth-order valence-corrected chi connectivity index (χ4v) is 25.2. The lowest BCUT2D eigenvalue weighted by molar-refractivity contribution is 0.150. The minimum absolute atomic E-state index is 0.924. The van der Waals surface area contributed by atoms with Crippen molar-refractivity contribution in [1.82, 2.24) is 0 Å². The van der Waals surface area contributed by atoms with E-state index in [9.17, 15) is 0 Å². The summed E-state index contributed by atoms with van der Waals surface area (Å²) in [6.07, 6.45) is 134. The molecule has 7 aliphatic rings. The quantitative estimate of drug-likeness (QED) is 0.257. The lowest BCUT2D eigenvalue weighted by Gasteiger charge is -2.36. The minimum atomic E-state index is 0.924. The van der Waals surface area contributed by atoms with Crippen LogP contribution < -0.4 is 0 Å². The second-order valence-electron chi connectivity index (χ2n) is 41.2. The first-order valence-corrected chi connectivity index (χ1v) is 52.0. The molecular formula is C105H198. The maximum atomic E-state index is 2.70. The predicted molar refractivity (Wildman–Crippen MR) is 471 cm³/mol. The molecule has 618 valence electrons. The van der Waals surface area contributed by atoms with E-state index in [0.29, 0.717) is 0 Å². The number of hydrogen-bond donors (Lipinski definition) is 0. The largest absolute Gasteiger partial charge is 0.0651 e. The van der Waals surface area contributed by atoms with Crippen molar-refractivity contribution in [3.63, 3.8) is 0 Å². The summed E-state index contributed by atoms with van der Waals surface area (Å²) in [6.45, 7) is 7.94. The molecule has 0 heterocycles. The highest BCUT2D eigenvalue weighted by atomic mass is 14.4. The van der Waals surface area contributed by atoms with Crippen LogP contribution in [0.15, 0.2) is 0 Å². The van der Waals surface area contributed by atoms with Crippen LogP contribution in [0, 0.1) is 88.8 Å². The molecule has 0 saturated heterocycles. The van der Waals surface area contributed by atoms with Gasteiger partial charge in [-0.1, -0.05) is 541 Å². The van der Waals surface area contributed by atoms with E-state index in [0.717, 1.165) is 88.8 Å². The van der Waals surface area contributed by atoms with Crippen LogP contribution in [-0.4, -0.2) is 0 Å². The molecule has 0 heteroatoms. The van der Waals surface area contributed by atoms with Gasteiger partial charge in [-0.05, 0) is 127 Å². The molecule has 7 aliphatic carbocycles. The summed E-state index contributed by atoms with van der Waals surface area (Å²) >= 11 is 0. The fourth-order valence-electron chi connectivity index (χ4n) is 25.2. The Balaban J connectivity index is 1.24. The van der Waals surface area contributed by atoms with Gasteiger partial charge in [0.15, 0.2) is 0 Å². The van der Waals surface area contributed by atoms with E-state index in [1.54, 1.807) is 212 Å². The van der Waals surface area contributed by atoms with E-state index in [1.165, 1.54) is 347 Å². The van der Waals surface area contributed by atoms with Gasteiger partial charge in [0.25, 0.3) is 0 Å². The monoisotopic (exact) mass is 1460 g/mol. The maximum Gasteiger partial charge on any atom is -0.0386 e. The first-order valence-electron chi connectivity index (χ1n) is 52.0. The van der Waals surface area contributed by atoms with Crippen molar-refractivity contribution in [2.24, 2.45) is 88.8 Å². The third-order valence-electron chi connectivity index (χ3n) is 32.5. The summed E-state index contributed by atoms with van der Waals surface area (Å²) in [7, 11) is 0. The Morgan fingerprint density at radius 2 is 0.286 bits per heavy atom.